The quantitative estimate of drug-likeness (QED) is 0.647. The van der Waals surface area contributed by atoms with E-state index < -0.39 is 41.0 Å². The Morgan fingerprint density at radius 2 is 1.70 bits per heavy atom. The van der Waals surface area contributed by atoms with Crippen LogP contribution < -0.4 is 0 Å². The molecule has 2 N–H and O–H groups in total. The first-order valence-corrected chi connectivity index (χ1v) is 6.56. The first-order chi connectivity index (χ1) is 9.25. The Morgan fingerprint density at radius 1 is 1.20 bits per heavy atom. The van der Waals surface area contributed by atoms with Crippen molar-refractivity contribution in [1.82, 2.24) is 0 Å². The first-order valence-electron chi connectivity index (χ1n) is 5.58. The molecule has 0 heterocycles. The van der Waals surface area contributed by atoms with E-state index in [0.29, 0.717) is 0 Å². The van der Waals surface area contributed by atoms with Crippen LogP contribution in [0.4, 0.5) is 17.6 Å². The Balaban J connectivity index is 2.91. The van der Waals surface area contributed by atoms with Crippen LogP contribution in [0, 0.1) is 23.3 Å². The fourth-order valence-electron chi connectivity index (χ4n) is 1.52. The lowest BCUT2D eigenvalue weighted by molar-refractivity contribution is -0.109. The topological polar surface area (TPSA) is 57.5 Å². The fourth-order valence-corrected chi connectivity index (χ4v) is 2.17. The summed E-state index contributed by atoms with van der Waals surface area (Å²) in [6.07, 6.45) is -3.97. The molecule has 0 bridgehead atoms. The van der Waals surface area contributed by atoms with Crippen LogP contribution in [0.15, 0.2) is 6.07 Å². The lowest BCUT2D eigenvalue weighted by atomic mass is 10.0. The Kier molecular flexibility index (Phi) is 5.97. The Labute approximate surface area is 116 Å². The average Bonchev–Trinajstić information content (AvgIpc) is 2.36. The van der Waals surface area contributed by atoms with E-state index in [1.165, 1.54) is 6.92 Å². The number of halogens is 4. The molecule has 20 heavy (non-hydrogen) atoms. The summed E-state index contributed by atoms with van der Waals surface area (Å²) >= 11 is 0.841. The number of aliphatic hydroxyl groups is 2. The molecule has 0 saturated heterocycles. The molecule has 0 fully saturated rings. The molecule has 0 spiro atoms. The monoisotopic (exact) mass is 312 g/mol. The molecule has 2 unspecified atom stereocenters. The molecule has 0 aliphatic rings. The van der Waals surface area contributed by atoms with Gasteiger partial charge >= 0.3 is 0 Å². The smallest absolute Gasteiger partial charge is 0.185 e. The summed E-state index contributed by atoms with van der Waals surface area (Å²) < 4.78 is 52.7. The summed E-state index contributed by atoms with van der Waals surface area (Å²) in [7, 11) is 0. The highest BCUT2D eigenvalue weighted by atomic mass is 32.2. The van der Waals surface area contributed by atoms with Crippen LogP contribution in [0.5, 0.6) is 0 Å². The minimum atomic E-state index is -2.13. The standard InChI is InChI=1S/C12H12F4O3S/c1-5(17)20-3-2-8(18)12(19)9-10(15)6(13)4-7(14)11(9)16/h4,8,12,18-19H,2-3H2,1H3. The van der Waals surface area contributed by atoms with E-state index in [2.05, 4.69) is 0 Å². The molecule has 0 aliphatic heterocycles. The number of rotatable bonds is 5. The molecule has 1 aromatic rings. The number of carbonyl (C=O) groups is 1. The molecule has 112 valence electrons. The van der Waals surface area contributed by atoms with E-state index in [0.717, 1.165) is 11.8 Å². The SMILES string of the molecule is CC(=O)SCCC(O)C(O)c1c(F)c(F)cc(F)c1F. The number of hydrogen-bond acceptors (Lipinski definition) is 4. The van der Waals surface area contributed by atoms with Crippen LogP contribution in [0.1, 0.15) is 25.0 Å². The van der Waals surface area contributed by atoms with Gasteiger partial charge in [-0.1, -0.05) is 11.8 Å². The summed E-state index contributed by atoms with van der Waals surface area (Å²) in [6, 6.07) is 0.0128. The summed E-state index contributed by atoms with van der Waals surface area (Å²) in [5.41, 5.74) is -1.26. The second kappa shape index (κ2) is 7.05. The molecule has 1 aromatic carbocycles. The van der Waals surface area contributed by atoms with E-state index in [4.69, 9.17) is 0 Å². The van der Waals surface area contributed by atoms with Gasteiger partial charge < -0.3 is 10.2 Å². The van der Waals surface area contributed by atoms with Gasteiger partial charge in [0, 0.05) is 18.7 Å². The zero-order valence-electron chi connectivity index (χ0n) is 10.4. The third-order valence-corrected chi connectivity index (χ3v) is 3.37. The predicted molar refractivity (Wildman–Crippen MR) is 65.0 cm³/mol. The second-order valence-corrected chi connectivity index (χ2v) is 5.29. The lowest BCUT2D eigenvalue weighted by Gasteiger charge is -2.19. The van der Waals surface area contributed by atoms with Crippen LogP contribution in [0.3, 0.4) is 0 Å². The summed E-state index contributed by atoms with van der Waals surface area (Å²) in [4.78, 5) is 10.7. The highest BCUT2D eigenvalue weighted by Gasteiger charge is 2.29. The molecule has 8 heteroatoms. The maximum atomic E-state index is 13.4. The number of benzene rings is 1. The van der Waals surface area contributed by atoms with Gasteiger partial charge in [0.05, 0.1) is 11.7 Å². The number of thioether (sulfide) groups is 1. The Bertz CT molecular complexity index is 484. The highest BCUT2D eigenvalue weighted by molar-refractivity contribution is 8.13. The van der Waals surface area contributed by atoms with Crippen molar-refractivity contribution in [2.24, 2.45) is 0 Å². The first kappa shape index (κ1) is 16.9. The molecule has 1 rings (SSSR count). The minimum Gasteiger partial charge on any atom is -0.390 e. The molecule has 0 aliphatic carbocycles. The summed E-state index contributed by atoms with van der Waals surface area (Å²) in [5, 5.41) is 18.9. The number of aliphatic hydroxyl groups excluding tert-OH is 2. The minimum absolute atomic E-state index is 0.0128. The van der Waals surface area contributed by atoms with Crippen molar-refractivity contribution in [3.8, 4) is 0 Å². The molecular formula is C12H12F4O3S. The normalized spacial score (nSPS) is 14.2. The van der Waals surface area contributed by atoms with Crippen LogP contribution in [-0.4, -0.2) is 27.2 Å². The van der Waals surface area contributed by atoms with Crippen molar-refractivity contribution in [3.05, 3.63) is 34.9 Å². The van der Waals surface area contributed by atoms with Gasteiger partial charge in [0.1, 0.15) is 6.10 Å². The van der Waals surface area contributed by atoms with Crippen molar-refractivity contribution in [3.63, 3.8) is 0 Å². The second-order valence-electron chi connectivity index (χ2n) is 4.02. The van der Waals surface area contributed by atoms with E-state index in [9.17, 15) is 32.6 Å². The molecule has 0 saturated carbocycles. The Hall–Kier alpha value is -1.12. The van der Waals surface area contributed by atoms with Crippen LogP contribution >= 0.6 is 11.8 Å². The van der Waals surface area contributed by atoms with Crippen LogP contribution in [0.25, 0.3) is 0 Å². The molecule has 2 atom stereocenters. The summed E-state index contributed by atoms with van der Waals surface area (Å²) in [6.45, 7) is 1.29. The number of hydrogen-bond donors (Lipinski definition) is 2. The molecule has 0 amide bonds. The molecule has 0 aromatic heterocycles. The Morgan fingerprint density at radius 3 is 2.15 bits per heavy atom. The lowest BCUT2D eigenvalue weighted by Crippen LogP contribution is -2.22. The maximum absolute atomic E-state index is 13.4. The average molecular weight is 312 g/mol. The fraction of sp³-hybridized carbons (Fsp3) is 0.417. The van der Waals surface area contributed by atoms with E-state index in [1.54, 1.807) is 0 Å². The van der Waals surface area contributed by atoms with Gasteiger partial charge in [-0.25, -0.2) is 17.6 Å². The van der Waals surface area contributed by atoms with Crippen molar-refractivity contribution in [2.45, 2.75) is 25.6 Å². The van der Waals surface area contributed by atoms with Gasteiger partial charge in [-0.05, 0) is 6.42 Å². The van der Waals surface area contributed by atoms with Gasteiger partial charge in [0.25, 0.3) is 0 Å². The van der Waals surface area contributed by atoms with E-state index in [1.807, 2.05) is 0 Å². The van der Waals surface area contributed by atoms with Gasteiger partial charge in [-0.15, -0.1) is 0 Å². The van der Waals surface area contributed by atoms with Gasteiger partial charge in [-0.3, -0.25) is 4.79 Å². The van der Waals surface area contributed by atoms with Crippen molar-refractivity contribution < 1.29 is 32.6 Å². The van der Waals surface area contributed by atoms with Gasteiger partial charge in [0.15, 0.2) is 28.4 Å². The third kappa shape index (κ3) is 3.94. The zero-order chi connectivity index (χ0) is 15.4. The van der Waals surface area contributed by atoms with Crippen molar-refractivity contribution >= 4 is 16.9 Å². The van der Waals surface area contributed by atoms with E-state index >= 15 is 0 Å². The van der Waals surface area contributed by atoms with Crippen LogP contribution in [0.2, 0.25) is 0 Å². The largest absolute Gasteiger partial charge is 0.390 e. The van der Waals surface area contributed by atoms with Gasteiger partial charge in [-0.2, -0.15) is 0 Å². The predicted octanol–water partition coefficient (Wildman–Crippen LogP) is 2.31. The van der Waals surface area contributed by atoms with Crippen LogP contribution in [-0.2, 0) is 4.79 Å². The molecular weight excluding hydrogens is 300 g/mol. The van der Waals surface area contributed by atoms with Crippen molar-refractivity contribution in [2.75, 3.05) is 5.75 Å². The summed E-state index contributed by atoms with van der Waals surface area (Å²) in [5.74, 6) is -6.75. The molecule has 3 nitrogen and oxygen atoms in total. The zero-order valence-corrected chi connectivity index (χ0v) is 11.2. The third-order valence-electron chi connectivity index (χ3n) is 2.52. The molecule has 0 radical (unpaired) electrons. The highest BCUT2D eigenvalue weighted by Crippen LogP contribution is 2.28. The van der Waals surface area contributed by atoms with Gasteiger partial charge in [0.2, 0.25) is 0 Å². The number of carbonyl (C=O) groups excluding carboxylic acids is 1. The van der Waals surface area contributed by atoms with Crippen molar-refractivity contribution in [1.29, 1.82) is 0 Å². The maximum Gasteiger partial charge on any atom is 0.185 e. The van der Waals surface area contributed by atoms with E-state index in [-0.39, 0.29) is 23.4 Å².